The monoisotopic (exact) mass is 236 g/mol. The number of amides is 1. The molecule has 0 aromatic heterocycles. The van der Waals surface area contributed by atoms with E-state index < -0.39 is 0 Å². The summed E-state index contributed by atoms with van der Waals surface area (Å²) < 4.78 is 0. The van der Waals surface area contributed by atoms with E-state index in [9.17, 15) is 4.79 Å². The Balaban J connectivity index is 2.55. The quantitative estimate of drug-likeness (QED) is 0.789. The first-order chi connectivity index (χ1) is 7.63. The van der Waals surface area contributed by atoms with Crippen molar-refractivity contribution < 1.29 is 4.79 Å². The molecular weight excluding hydrogens is 220 g/mol. The van der Waals surface area contributed by atoms with Crippen molar-refractivity contribution in [3.8, 4) is 0 Å². The van der Waals surface area contributed by atoms with Crippen molar-refractivity contribution in [3.05, 3.63) is 35.4 Å². The Kier molecular flexibility index (Phi) is 4.92. The molecule has 0 radical (unpaired) electrons. The van der Waals surface area contributed by atoms with Crippen LogP contribution in [0.25, 0.3) is 0 Å². The smallest absolute Gasteiger partial charge is 0.257 e. The summed E-state index contributed by atoms with van der Waals surface area (Å²) in [6.45, 7) is 4.76. The Labute approximate surface area is 101 Å². The van der Waals surface area contributed by atoms with Gasteiger partial charge in [-0.1, -0.05) is 24.6 Å². The first-order valence-electron chi connectivity index (χ1n) is 5.29. The van der Waals surface area contributed by atoms with Gasteiger partial charge in [0.2, 0.25) is 0 Å². The molecule has 0 unspecified atom stereocenters. The molecule has 16 heavy (non-hydrogen) atoms. The summed E-state index contributed by atoms with van der Waals surface area (Å²) in [5, 5.41) is 5.97. The Morgan fingerprint density at radius 2 is 2.19 bits per heavy atom. The Bertz CT molecular complexity index is 390. The SMILES string of the molecule is CCCNC(=S)NC(=O)c1cccc(C)c1. The van der Waals surface area contributed by atoms with E-state index in [4.69, 9.17) is 12.2 Å². The van der Waals surface area contributed by atoms with Gasteiger partial charge in [0.15, 0.2) is 5.11 Å². The second kappa shape index (κ2) is 6.23. The molecule has 0 saturated heterocycles. The van der Waals surface area contributed by atoms with Crippen molar-refractivity contribution >= 4 is 23.2 Å². The maximum Gasteiger partial charge on any atom is 0.257 e. The highest BCUT2D eigenvalue weighted by molar-refractivity contribution is 7.80. The molecule has 2 N–H and O–H groups in total. The maximum absolute atomic E-state index is 11.7. The Morgan fingerprint density at radius 1 is 1.44 bits per heavy atom. The van der Waals surface area contributed by atoms with Crippen LogP contribution >= 0.6 is 12.2 Å². The van der Waals surface area contributed by atoms with Gasteiger partial charge >= 0.3 is 0 Å². The molecule has 0 saturated carbocycles. The van der Waals surface area contributed by atoms with Crippen molar-refractivity contribution in [1.29, 1.82) is 0 Å². The van der Waals surface area contributed by atoms with Crippen molar-refractivity contribution in [2.45, 2.75) is 20.3 Å². The fourth-order valence-electron chi connectivity index (χ4n) is 1.24. The molecule has 0 fully saturated rings. The van der Waals surface area contributed by atoms with Crippen molar-refractivity contribution in [2.75, 3.05) is 6.54 Å². The average molecular weight is 236 g/mol. The lowest BCUT2D eigenvalue weighted by Gasteiger charge is -2.08. The second-order valence-electron chi connectivity index (χ2n) is 3.58. The summed E-state index contributed by atoms with van der Waals surface area (Å²) in [6.07, 6.45) is 0.973. The number of benzene rings is 1. The molecule has 86 valence electrons. The van der Waals surface area contributed by atoms with E-state index in [1.165, 1.54) is 0 Å². The van der Waals surface area contributed by atoms with Crippen LogP contribution in [0.4, 0.5) is 0 Å². The van der Waals surface area contributed by atoms with Gasteiger partial charge in [0.1, 0.15) is 0 Å². The van der Waals surface area contributed by atoms with Crippen molar-refractivity contribution in [1.82, 2.24) is 10.6 Å². The fourth-order valence-corrected chi connectivity index (χ4v) is 1.44. The highest BCUT2D eigenvalue weighted by atomic mass is 32.1. The van der Waals surface area contributed by atoms with Crippen LogP contribution in [0, 0.1) is 6.92 Å². The summed E-state index contributed by atoms with van der Waals surface area (Å²) in [4.78, 5) is 11.7. The third-order valence-corrected chi connectivity index (χ3v) is 2.29. The van der Waals surface area contributed by atoms with Gasteiger partial charge in [-0.25, -0.2) is 0 Å². The standard InChI is InChI=1S/C12H16N2OS/c1-3-7-13-12(16)14-11(15)10-6-4-5-9(2)8-10/h4-6,8H,3,7H2,1-2H3,(H2,13,14,15,16). The molecule has 3 nitrogen and oxygen atoms in total. The lowest BCUT2D eigenvalue weighted by Crippen LogP contribution is -2.39. The first kappa shape index (κ1) is 12.6. The number of rotatable bonds is 3. The third-order valence-electron chi connectivity index (χ3n) is 2.04. The van der Waals surface area contributed by atoms with Crippen LogP contribution in [0.2, 0.25) is 0 Å². The summed E-state index contributed by atoms with van der Waals surface area (Å²) >= 11 is 4.99. The Morgan fingerprint density at radius 3 is 2.81 bits per heavy atom. The summed E-state index contributed by atoms with van der Waals surface area (Å²) in [5.74, 6) is -0.169. The molecule has 0 atom stereocenters. The zero-order valence-electron chi connectivity index (χ0n) is 9.54. The fraction of sp³-hybridized carbons (Fsp3) is 0.333. The van der Waals surface area contributed by atoms with E-state index in [1.807, 2.05) is 32.0 Å². The third kappa shape index (κ3) is 3.98. The summed E-state index contributed by atoms with van der Waals surface area (Å²) in [7, 11) is 0. The molecule has 0 bridgehead atoms. The topological polar surface area (TPSA) is 41.1 Å². The number of hydrogen-bond donors (Lipinski definition) is 2. The van der Waals surface area contributed by atoms with E-state index in [-0.39, 0.29) is 5.91 Å². The van der Waals surface area contributed by atoms with Crippen LogP contribution < -0.4 is 10.6 Å². The number of carbonyl (C=O) groups excluding carboxylic acids is 1. The Hall–Kier alpha value is -1.42. The molecule has 0 aliphatic rings. The number of hydrogen-bond acceptors (Lipinski definition) is 2. The number of aryl methyl sites for hydroxylation is 1. The molecule has 4 heteroatoms. The first-order valence-corrected chi connectivity index (χ1v) is 5.70. The van der Waals surface area contributed by atoms with Gasteiger partial charge in [-0.15, -0.1) is 0 Å². The van der Waals surface area contributed by atoms with Crippen molar-refractivity contribution in [3.63, 3.8) is 0 Å². The maximum atomic E-state index is 11.7. The zero-order valence-corrected chi connectivity index (χ0v) is 10.4. The average Bonchev–Trinajstić information content (AvgIpc) is 2.26. The van der Waals surface area contributed by atoms with E-state index in [0.29, 0.717) is 10.7 Å². The lowest BCUT2D eigenvalue weighted by molar-refractivity contribution is 0.0976. The van der Waals surface area contributed by atoms with Crippen LogP contribution in [0.1, 0.15) is 29.3 Å². The van der Waals surface area contributed by atoms with Crippen LogP contribution in [0.5, 0.6) is 0 Å². The van der Waals surface area contributed by atoms with Crippen LogP contribution in [-0.4, -0.2) is 17.6 Å². The molecule has 0 aliphatic heterocycles. The normalized spacial score (nSPS) is 9.62. The number of thiocarbonyl (C=S) groups is 1. The molecular formula is C12H16N2OS. The molecule has 1 aromatic rings. The second-order valence-corrected chi connectivity index (χ2v) is 3.99. The van der Waals surface area contributed by atoms with Gasteiger partial charge in [-0.05, 0) is 37.7 Å². The van der Waals surface area contributed by atoms with Gasteiger partial charge in [-0.3, -0.25) is 10.1 Å². The minimum atomic E-state index is -0.169. The van der Waals surface area contributed by atoms with Crippen molar-refractivity contribution in [2.24, 2.45) is 0 Å². The zero-order chi connectivity index (χ0) is 12.0. The van der Waals surface area contributed by atoms with Gasteiger partial charge in [-0.2, -0.15) is 0 Å². The van der Waals surface area contributed by atoms with Crippen LogP contribution in [-0.2, 0) is 0 Å². The van der Waals surface area contributed by atoms with Crippen LogP contribution in [0.3, 0.4) is 0 Å². The summed E-state index contributed by atoms with van der Waals surface area (Å²) in [6, 6.07) is 7.40. The van der Waals surface area contributed by atoms with E-state index in [0.717, 1.165) is 18.5 Å². The molecule has 1 amide bonds. The predicted molar refractivity (Wildman–Crippen MR) is 69.5 cm³/mol. The molecule has 1 rings (SSSR count). The largest absolute Gasteiger partial charge is 0.362 e. The lowest BCUT2D eigenvalue weighted by atomic mass is 10.1. The highest BCUT2D eigenvalue weighted by Crippen LogP contribution is 2.03. The van der Waals surface area contributed by atoms with Gasteiger partial charge in [0.25, 0.3) is 5.91 Å². The molecule has 0 aliphatic carbocycles. The summed E-state index contributed by atoms with van der Waals surface area (Å²) in [5.41, 5.74) is 1.68. The van der Waals surface area contributed by atoms with Gasteiger partial charge in [0.05, 0.1) is 0 Å². The molecule has 1 aromatic carbocycles. The van der Waals surface area contributed by atoms with Crippen LogP contribution in [0.15, 0.2) is 24.3 Å². The molecule has 0 heterocycles. The number of carbonyl (C=O) groups is 1. The van der Waals surface area contributed by atoms with Gasteiger partial charge in [0, 0.05) is 12.1 Å². The molecule has 0 spiro atoms. The van der Waals surface area contributed by atoms with Gasteiger partial charge < -0.3 is 5.32 Å². The predicted octanol–water partition coefficient (Wildman–Crippen LogP) is 2.01. The minimum absolute atomic E-state index is 0.169. The highest BCUT2D eigenvalue weighted by Gasteiger charge is 2.06. The van der Waals surface area contributed by atoms with E-state index >= 15 is 0 Å². The minimum Gasteiger partial charge on any atom is -0.362 e. The van der Waals surface area contributed by atoms with E-state index in [1.54, 1.807) is 6.07 Å². The van der Waals surface area contributed by atoms with E-state index in [2.05, 4.69) is 10.6 Å². The number of nitrogens with one attached hydrogen (secondary N) is 2.